The lowest BCUT2D eigenvalue weighted by Gasteiger charge is -2.14. The monoisotopic (exact) mass is 275 g/mol. The number of hydrogen-bond acceptors (Lipinski definition) is 3. The Morgan fingerprint density at radius 3 is 2.20 bits per heavy atom. The van der Waals surface area contributed by atoms with Crippen molar-refractivity contribution in [2.75, 3.05) is 19.5 Å². The molecule has 0 aliphatic heterocycles. The van der Waals surface area contributed by atoms with Gasteiger partial charge in [-0.15, -0.1) is 0 Å². The van der Waals surface area contributed by atoms with Crippen molar-refractivity contribution in [3.8, 4) is 11.5 Å². The van der Waals surface area contributed by atoms with Gasteiger partial charge in [0.05, 0.1) is 14.2 Å². The lowest BCUT2D eigenvalue weighted by atomic mass is 10.1. The van der Waals surface area contributed by atoms with Crippen LogP contribution in [0.1, 0.15) is 11.1 Å². The van der Waals surface area contributed by atoms with Gasteiger partial charge in [-0.05, 0) is 36.2 Å². The van der Waals surface area contributed by atoms with Gasteiger partial charge in [-0.1, -0.05) is 12.1 Å². The van der Waals surface area contributed by atoms with Gasteiger partial charge < -0.3 is 14.8 Å². The molecule has 0 radical (unpaired) electrons. The van der Waals surface area contributed by atoms with E-state index in [1.807, 2.05) is 19.1 Å². The lowest BCUT2D eigenvalue weighted by molar-refractivity contribution is 0.355. The lowest BCUT2D eigenvalue weighted by Crippen LogP contribution is -2.02. The van der Waals surface area contributed by atoms with Crippen LogP contribution in [-0.2, 0) is 6.54 Å². The first-order valence-corrected chi connectivity index (χ1v) is 6.35. The zero-order valence-corrected chi connectivity index (χ0v) is 11.9. The van der Waals surface area contributed by atoms with Gasteiger partial charge in [-0.2, -0.15) is 0 Å². The van der Waals surface area contributed by atoms with E-state index in [1.165, 1.54) is 12.1 Å². The number of rotatable bonds is 5. The minimum absolute atomic E-state index is 0.226. The standard InChI is InChI=1S/C16H18FNO2/c1-11-8-15(19-2)16(20-3)9-14(11)18-10-12-4-6-13(17)7-5-12/h4-9,18H,10H2,1-3H3. The van der Waals surface area contributed by atoms with Crippen LogP contribution in [0.4, 0.5) is 10.1 Å². The van der Waals surface area contributed by atoms with Crippen LogP contribution in [-0.4, -0.2) is 14.2 Å². The van der Waals surface area contributed by atoms with E-state index in [9.17, 15) is 4.39 Å². The molecule has 0 fully saturated rings. The molecule has 2 aromatic carbocycles. The quantitative estimate of drug-likeness (QED) is 0.901. The van der Waals surface area contributed by atoms with Crippen LogP contribution in [0.15, 0.2) is 36.4 Å². The number of benzene rings is 2. The van der Waals surface area contributed by atoms with Crippen LogP contribution in [0, 0.1) is 12.7 Å². The van der Waals surface area contributed by atoms with Crippen molar-refractivity contribution < 1.29 is 13.9 Å². The van der Waals surface area contributed by atoms with E-state index in [1.54, 1.807) is 26.4 Å². The number of anilines is 1. The Balaban J connectivity index is 2.14. The molecule has 0 unspecified atom stereocenters. The fourth-order valence-corrected chi connectivity index (χ4v) is 1.97. The predicted molar refractivity (Wildman–Crippen MR) is 78.0 cm³/mol. The summed E-state index contributed by atoms with van der Waals surface area (Å²) in [5.74, 6) is 1.16. The maximum Gasteiger partial charge on any atom is 0.162 e. The summed E-state index contributed by atoms with van der Waals surface area (Å²) in [6.07, 6.45) is 0. The first-order chi connectivity index (χ1) is 9.63. The molecule has 0 spiro atoms. The summed E-state index contributed by atoms with van der Waals surface area (Å²) in [5.41, 5.74) is 3.04. The van der Waals surface area contributed by atoms with Crippen LogP contribution < -0.4 is 14.8 Å². The third-order valence-corrected chi connectivity index (χ3v) is 3.13. The molecule has 0 atom stereocenters. The van der Waals surface area contributed by atoms with Gasteiger partial charge in [0.15, 0.2) is 11.5 Å². The topological polar surface area (TPSA) is 30.5 Å². The van der Waals surface area contributed by atoms with E-state index in [-0.39, 0.29) is 5.82 Å². The van der Waals surface area contributed by atoms with Gasteiger partial charge in [0.1, 0.15) is 5.82 Å². The van der Waals surface area contributed by atoms with E-state index in [4.69, 9.17) is 9.47 Å². The number of ether oxygens (including phenoxy) is 2. The second-order valence-electron chi connectivity index (χ2n) is 4.50. The normalized spacial score (nSPS) is 10.2. The summed E-state index contributed by atoms with van der Waals surface area (Å²) in [5, 5.41) is 3.32. The Hall–Kier alpha value is -2.23. The van der Waals surface area contributed by atoms with Crippen LogP contribution in [0.2, 0.25) is 0 Å². The maximum atomic E-state index is 12.8. The second-order valence-corrected chi connectivity index (χ2v) is 4.50. The summed E-state index contributed by atoms with van der Waals surface area (Å²) in [6.45, 7) is 2.62. The zero-order valence-electron chi connectivity index (χ0n) is 11.9. The van der Waals surface area contributed by atoms with Gasteiger partial charge in [0, 0.05) is 18.3 Å². The van der Waals surface area contributed by atoms with Gasteiger partial charge in [-0.25, -0.2) is 4.39 Å². The van der Waals surface area contributed by atoms with Crippen LogP contribution in [0.25, 0.3) is 0 Å². The predicted octanol–water partition coefficient (Wildman–Crippen LogP) is 3.76. The zero-order chi connectivity index (χ0) is 14.5. The first-order valence-electron chi connectivity index (χ1n) is 6.35. The second kappa shape index (κ2) is 6.28. The molecule has 0 aliphatic carbocycles. The molecule has 0 amide bonds. The average molecular weight is 275 g/mol. The smallest absolute Gasteiger partial charge is 0.162 e. The Kier molecular flexibility index (Phi) is 4.45. The molecule has 0 aromatic heterocycles. The minimum atomic E-state index is -0.226. The Morgan fingerprint density at radius 2 is 1.60 bits per heavy atom. The highest BCUT2D eigenvalue weighted by atomic mass is 19.1. The highest BCUT2D eigenvalue weighted by molar-refractivity contribution is 5.60. The van der Waals surface area contributed by atoms with Gasteiger partial charge in [-0.3, -0.25) is 0 Å². The van der Waals surface area contributed by atoms with Crippen LogP contribution in [0.5, 0.6) is 11.5 Å². The van der Waals surface area contributed by atoms with Gasteiger partial charge in [0.25, 0.3) is 0 Å². The maximum absolute atomic E-state index is 12.8. The van der Waals surface area contributed by atoms with Crippen molar-refractivity contribution in [1.29, 1.82) is 0 Å². The molecule has 3 nitrogen and oxygen atoms in total. The van der Waals surface area contributed by atoms with Crippen molar-refractivity contribution in [2.24, 2.45) is 0 Å². The van der Waals surface area contributed by atoms with Crippen molar-refractivity contribution in [3.63, 3.8) is 0 Å². The Morgan fingerprint density at radius 1 is 1.00 bits per heavy atom. The van der Waals surface area contributed by atoms with Crippen molar-refractivity contribution >= 4 is 5.69 Å². The number of aryl methyl sites for hydroxylation is 1. The highest BCUT2D eigenvalue weighted by Gasteiger charge is 2.08. The van der Waals surface area contributed by atoms with Gasteiger partial charge in [0.2, 0.25) is 0 Å². The third kappa shape index (κ3) is 3.20. The highest BCUT2D eigenvalue weighted by Crippen LogP contribution is 2.33. The number of methoxy groups -OCH3 is 2. The van der Waals surface area contributed by atoms with Crippen molar-refractivity contribution in [1.82, 2.24) is 0 Å². The molecule has 4 heteroatoms. The summed E-state index contributed by atoms with van der Waals surface area (Å²) in [6, 6.07) is 10.3. The summed E-state index contributed by atoms with van der Waals surface area (Å²) < 4.78 is 23.4. The molecule has 0 saturated carbocycles. The summed E-state index contributed by atoms with van der Waals surface area (Å²) >= 11 is 0. The molecule has 0 saturated heterocycles. The van der Waals surface area contributed by atoms with E-state index in [0.29, 0.717) is 18.0 Å². The van der Waals surface area contributed by atoms with Gasteiger partial charge >= 0.3 is 0 Å². The SMILES string of the molecule is COc1cc(C)c(NCc2ccc(F)cc2)cc1OC. The molecule has 1 N–H and O–H groups in total. The van der Waals surface area contributed by atoms with Crippen molar-refractivity contribution in [3.05, 3.63) is 53.3 Å². The molecular formula is C16H18FNO2. The molecule has 0 heterocycles. The first kappa shape index (κ1) is 14.2. The average Bonchev–Trinajstić information content (AvgIpc) is 2.47. The molecule has 2 aromatic rings. The largest absolute Gasteiger partial charge is 0.493 e. The van der Waals surface area contributed by atoms with E-state index >= 15 is 0 Å². The minimum Gasteiger partial charge on any atom is -0.493 e. The van der Waals surface area contributed by atoms with E-state index < -0.39 is 0 Å². The fraction of sp³-hybridized carbons (Fsp3) is 0.250. The Labute approximate surface area is 118 Å². The fourth-order valence-electron chi connectivity index (χ4n) is 1.97. The summed E-state index contributed by atoms with van der Waals surface area (Å²) in [4.78, 5) is 0. The molecule has 106 valence electrons. The number of halogens is 1. The molecule has 2 rings (SSSR count). The van der Waals surface area contributed by atoms with Crippen LogP contribution in [0.3, 0.4) is 0 Å². The van der Waals surface area contributed by atoms with E-state index in [0.717, 1.165) is 16.8 Å². The van der Waals surface area contributed by atoms with E-state index in [2.05, 4.69) is 5.32 Å². The molecular weight excluding hydrogens is 257 g/mol. The number of hydrogen-bond donors (Lipinski definition) is 1. The van der Waals surface area contributed by atoms with Crippen LogP contribution >= 0.6 is 0 Å². The molecule has 0 aliphatic rings. The Bertz CT molecular complexity index is 582. The summed E-state index contributed by atoms with van der Waals surface area (Å²) in [7, 11) is 3.22. The number of nitrogens with one attached hydrogen (secondary N) is 1. The van der Waals surface area contributed by atoms with Crippen molar-refractivity contribution in [2.45, 2.75) is 13.5 Å². The third-order valence-electron chi connectivity index (χ3n) is 3.13. The molecule has 20 heavy (non-hydrogen) atoms. The molecule has 0 bridgehead atoms.